The van der Waals surface area contributed by atoms with Crippen molar-refractivity contribution in [1.29, 1.82) is 0 Å². The number of nitrogens with zero attached hydrogens (tertiary/aromatic N) is 3. The van der Waals surface area contributed by atoms with Gasteiger partial charge in [0.25, 0.3) is 0 Å². The van der Waals surface area contributed by atoms with Gasteiger partial charge >= 0.3 is 0 Å². The van der Waals surface area contributed by atoms with Crippen molar-refractivity contribution in [1.82, 2.24) is 14.8 Å². The first-order chi connectivity index (χ1) is 9.33. The molecule has 5 heteroatoms. The number of piperazine rings is 1. The molecule has 1 aromatic rings. The van der Waals surface area contributed by atoms with Crippen molar-refractivity contribution in [3.63, 3.8) is 0 Å². The van der Waals surface area contributed by atoms with Crippen LogP contribution in [0.3, 0.4) is 0 Å². The number of aliphatic hydroxyl groups is 1. The second kappa shape index (κ2) is 6.31. The van der Waals surface area contributed by atoms with E-state index < -0.39 is 0 Å². The summed E-state index contributed by atoms with van der Waals surface area (Å²) in [6.07, 6.45) is 4.54. The Morgan fingerprint density at radius 3 is 2.68 bits per heavy atom. The third-order valence-electron chi connectivity index (χ3n) is 4.44. The van der Waals surface area contributed by atoms with Gasteiger partial charge in [-0.1, -0.05) is 12.8 Å². The maximum absolute atomic E-state index is 10.1. The summed E-state index contributed by atoms with van der Waals surface area (Å²) in [4.78, 5) is 9.33. The van der Waals surface area contributed by atoms with Crippen LogP contribution in [0.25, 0.3) is 0 Å². The van der Waals surface area contributed by atoms with E-state index in [1.54, 1.807) is 11.3 Å². The van der Waals surface area contributed by atoms with E-state index in [0.29, 0.717) is 6.04 Å². The lowest BCUT2D eigenvalue weighted by atomic mass is 9.91. The molecule has 1 aliphatic carbocycles. The molecule has 0 radical (unpaired) electrons. The molecular formula is C14H23N3OS. The summed E-state index contributed by atoms with van der Waals surface area (Å²) in [5, 5.41) is 12.3. The molecule has 0 bridgehead atoms. The van der Waals surface area contributed by atoms with Gasteiger partial charge < -0.3 is 5.11 Å². The van der Waals surface area contributed by atoms with Crippen molar-refractivity contribution >= 4 is 11.3 Å². The summed E-state index contributed by atoms with van der Waals surface area (Å²) in [5.41, 5.74) is 3.10. The maximum Gasteiger partial charge on any atom is 0.0795 e. The summed E-state index contributed by atoms with van der Waals surface area (Å²) in [7, 11) is 0. The van der Waals surface area contributed by atoms with Gasteiger partial charge in [-0.15, -0.1) is 11.3 Å². The maximum atomic E-state index is 10.1. The zero-order chi connectivity index (χ0) is 13.1. The first kappa shape index (κ1) is 13.5. The minimum Gasteiger partial charge on any atom is -0.391 e. The van der Waals surface area contributed by atoms with Crippen molar-refractivity contribution < 1.29 is 5.11 Å². The lowest BCUT2D eigenvalue weighted by Gasteiger charge is -2.42. The Labute approximate surface area is 119 Å². The first-order valence-electron chi connectivity index (χ1n) is 7.34. The number of thiazole rings is 1. The summed E-state index contributed by atoms with van der Waals surface area (Å²) < 4.78 is 0. The molecule has 3 rings (SSSR count). The molecule has 1 saturated heterocycles. The van der Waals surface area contributed by atoms with Crippen molar-refractivity contribution in [2.75, 3.05) is 26.2 Å². The first-order valence-corrected chi connectivity index (χ1v) is 8.29. The minimum atomic E-state index is -0.0983. The van der Waals surface area contributed by atoms with Gasteiger partial charge in [0, 0.05) is 44.1 Å². The average molecular weight is 281 g/mol. The number of hydrogen-bond donors (Lipinski definition) is 1. The van der Waals surface area contributed by atoms with Crippen LogP contribution in [0.1, 0.15) is 31.4 Å². The van der Waals surface area contributed by atoms with E-state index in [1.165, 1.54) is 25.0 Å². The van der Waals surface area contributed by atoms with Crippen LogP contribution in [-0.2, 0) is 6.54 Å². The summed E-state index contributed by atoms with van der Waals surface area (Å²) in [6, 6.07) is 0.412. The molecule has 1 saturated carbocycles. The van der Waals surface area contributed by atoms with Crippen molar-refractivity contribution in [2.45, 2.75) is 44.4 Å². The van der Waals surface area contributed by atoms with Gasteiger partial charge in [-0.05, 0) is 12.8 Å². The van der Waals surface area contributed by atoms with E-state index in [1.807, 2.05) is 5.51 Å². The molecule has 2 atom stereocenters. The topological polar surface area (TPSA) is 39.6 Å². The van der Waals surface area contributed by atoms with E-state index in [4.69, 9.17) is 0 Å². The molecule has 0 amide bonds. The van der Waals surface area contributed by atoms with Crippen LogP contribution in [0.5, 0.6) is 0 Å². The highest BCUT2D eigenvalue weighted by Gasteiger charge is 2.30. The van der Waals surface area contributed by atoms with Crippen LogP contribution in [0.4, 0.5) is 0 Å². The van der Waals surface area contributed by atoms with Gasteiger partial charge in [0.05, 0.1) is 17.3 Å². The Balaban J connectivity index is 1.49. The molecule has 0 spiro atoms. The number of aliphatic hydroxyl groups excluding tert-OH is 1. The Kier molecular flexibility index (Phi) is 4.48. The van der Waals surface area contributed by atoms with Crippen LogP contribution in [0.2, 0.25) is 0 Å². The van der Waals surface area contributed by atoms with Gasteiger partial charge in [0.1, 0.15) is 0 Å². The van der Waals surface area contributed by atoms with E-state index in [-0.39, 0.29) is 6.10 Å². The Hall–Kier alpha value is -0.490. The predicted molar refractivity (Wildman–Crippen MR) is 77.2 cm³/mol. The van der Waals surface area contributed by atoms with Crippen LogP contribution in [0, 0.1) is 0 Å². The molecule has 1 aliphatic heterocycles. The number of aromatic nitrogens is 1. The predicted octanol–water partition coefficient (Wildman–Crippen LogP) is 1.56. The highest BCUT2D eigenvalue weighted by molar-refractivity contribution is 7.07. The minimum absolute atomic E-state index is 0.0983. The fraction of sp³-hybridized carbons (Fsp3) is 0.786. The largest absolute Gasteiger partial charge is 0.391 e. The summed E-state index contributed by atoms with van der Waals surface area (Å²) in [5.74, 6) is 0. The molecule has 1 aromatic heterocycles. The molecule has 1 N–H and O–H groups in total. The molecule has 19 heavy (non-hydrogen) atoms. The van der Waals surface area contributed by atoms with E-state index >= 15 is 0 Å². The standard InChI is InChI=1S/C14H23N3OS/c18-14-4-2-1-3-13(14)17-7-5-16(6-8-17)9-12-10-19-11-15-12/h10-11,13-14,18H,1-9H2/t13-,14+/m0/s1. The molecule has 2 aliphatic rings. The Bertz CT molecular complexity index is 376. The zero-order valence-corrected chi connectivity index (χ0v) is 12.2. The zero-order valence-electron chi connectivity index (χ0n) is 11.4. The Morgan fingerprint density at radius 1 is 1.21 bits per heavy atom. The Morgan fingerprint density at radius 2 is 2.00 bits per heavy atom. The van der Waals surface area contributed by atoms with E-state index in [9.17, 15) is 5.11 Å². The fourth-order valence-electron chi connectivity index (χ4n) is 3.32. The van der Waals surface area contributed by atoms with E-state index in [2.05, 4.69) is 20.2 Å². The third-order valence-corrected chi connectivity index (χ3v) is 5.07. The monoisotopic (exact) mass is 281 g/mol. The second-order valence-corrected chi connectivity index (χ2v) is 6.43. The summed E-state index contributed by atoms with van der Waals surface area (Å²) >= 11 is 1.67. The van der Waals surface area contributed by atoms with Crippen LogP contribution < -0.4 is 0 Å². The van der Waals surface area contributed by atoms with Crippen LogP contribution in [0.15, 0.2) is 10.9 Å². The molecular weight excluding hydrogens is 258 g/mol. The number of rotatable bonds is 3. The SMILES string of the molecule is O[C@@H]1CCCC[C@@H]1N1CCN(Cc2cscn2)CC1. The molecule has 2 heterocycles. The summed E-state index contributed by atoms with van der Waals surface area (Å²) in [6.45, 7) is 5.35. The normalized spacial score (nSPS) is 30.6. The lowest BCUT2D eigenvalue weighted by molar-refractivity contribution is -0.00486. The molecule has 4 nitrogen and oxygen atoms in total. The molecule has 0 aromatic carbocycles. The second-order valence-electron chi connectivity index (χ2n) is 5.71. The highest BCUT2D eigenvalue weighted by Crippen LogP contribution is 2.24. The molecule has 106 valence electrons. The quantitative estimate of drug-likeness (QED) is 0.913. The number of hydrogen-bond acceptors (Lipinski definition) is 5. The van der Waals surface area contributed by atoms with Crippen molar-refractivity contribution in [3.05, 3.63) is 16.6 Å². The molecule has 0 unspecified atom stereocenters. The average Bonchev–Trinajstić information content (AvgIpc) is 2.93. The van der Waals surface area contributed by atoms with E-state index in [0.717, 1.165) is 39.1 Å². The third kappa shape index (κ3) is 3.34. The van der Waals surface area contributed by atoms with Gasteiger partial charge in [0.2, 0.25) is 0 Å². The smallest absolute Gasteiger partial charge is 0.0795 e. The van der Waals surface area contributed by atoms with Gasteiger partial charge in [-0.2, -0.15) is 0 Å². The van der Waals surface area contributed by atoms with Crippen molar-refractivity contribution in [2.24, 2.45) is 0 Å². The van der Waals surface area contributed by atoms with Gasteiger partial charge in [-0.3, -0.25) is 9.80 Å². The van der Waals surface area contributed by atoms with Gasteiger partial charge in [-0.25, -0.2) is 4.98 Å². The fourth-order valence-corrected chi connectivity index (χ4v) is 3.87. The van der Waals surface area contributed by atoms with Gasteiger partial charge in [0.15, 0.2) is 0 Å². The lowest BCUT2D eigenvalue weighted by Crippen LogP contribution is -2.54. The highest BCUT2D eigenvalue weighted by atomic mass is 32.1. The van der Waals surface area contributed by atoms with Crippen molar-refractivity contribution in [3.8, 4) is 0 Å². The molecule has 2 fully saturated rings. The van der Waals surface area contributed by atoms with Crippen LogP contribution >= 0.6 is 11.3 Å². The van der Waals surface area contributed by atoms with Crippen LogP contribution in [-0.4, -0.2) is 58.2 Å².